The number of benzene rings is 1. The smallest absolute Gasteiger partial charge is 0.128 e. The van der Waals surface area contributed by atoms with Gasteiger partial charge in [-0.05, 0) is 12.1 Å². The second-order valence-corrected chi connectivity index (χ2v) is 3.61. The molecule has 1 aromatic carbocycles. The topological polar surface area (TPSA) is 57.2 Å². The molecular weight excluding hydrogens is 236 g/mol. The van der Waals surface area contributed by atoms with Crippen molar-refractivity contribution in [2.24, 2.45) is 0 Å². The van der Waals surface area contributed by atoms with E-state index >= 15 is 0 Å². The van der Waals surface area contributed by atoms with Crippen LogP contribution in [0, 0.1) is 0 Å². The van der Waals surface area contributed by atoms with E-state index in [1.165, 1.54) is 0 Å². The fourth-order valence-corrected chi connectivity index (χ4v) is 1.37. The van der Waals surface area contributed by atoms with E-state index in [2.05, 4.69) is 0 Å². The zero-order valence-electron chi connectivity index (χ0n) is 10.8. The van der Waals surface area contributed by atoms with Crippen molar-refractivity contribution in [3.8, 4) is 11.5 Å². The van der Waals surface area contributed by atoms with Gasteiger partial charge in [0, 0.05) is 25.8 Å². The highest BCUT2D eigenvalue weighted by Crippen LogP contribution is 2.25. The van der Waals surface area contributed by atoms with Gasteiger partial charge in [-0.3, -0.25) is 0 Å². The summed E-state index contributed by atoms with van der Waals surface area (Å²) in [7, 11) is 3.23. The summed E-state index contributed by atoms with van der Waals surface area (Å²) in [5.41, 5.74) is 0.727. The van der Waals surface area contributed by atoms with Crippen molar-refractivity contribution in [2.75, 3.05) is 40.6 Å². The molecule has 102 valence electrons. The summed E-state index contributed by atoms with van der Waals surface area (Å²) in [5, 5.41) is 9.21. The number of methoxy groups -OCH3 is 2. The normalized spacial score (nSPS) is 10.4. The monoisotopic (exact) mass is 256 g/mol. The minimum atomic E-state index is -0.0688. The van der Waals surface area contributed by atoms with E-state index in [1.807, 2.05) is 0 Å². The quantitative estimate of drug-likeness (QED) is 0.673. The molecule has 5 nitrogen and oxygen atoms in total. The Kier molecular flexibility index (Phi) is 7.17. The van der Waals surface area contributed by atoms with Crippen LogP contribution in [-0.4, -0.2) is 45.8 Å². The summed E-state index contributed by atoms with van der Waals surface area (Å²) in [5.74, 6) is 1.31. The number of hydrogen-bond donors (Lipinski definition) is 1. The lowest BCUT2D eigenvalue weighted by atomic mass is 10.2. The van der Waals surface area contributed by atoms with Crippen molar-refractivity contribution >= 4 is 0 Å². The molecule has 0 aromatic heterocycles. The second-order valence-electron chi connectivity index (χ2n) is 3.61. The molecule has 0 saturated carbocycles. The first-order valence-corrected chi connectivity index (χ1v) is 5.79. The van der Waals surface area contributed by atoms with Crippen LogP contribution in [0.4, 0.5) is 0 Å². The minimum absolute atomic E-state index is 0.0688. The maximum Gasteiger partial charge on any atom is 0.128 e. The van der Waals surface area contributed by atoms with Crippen LogP contribution in [-0.2, 0) is 16.1 Å². The summed E-state index contributed by atoms with van der Waals surface area (Å²) in [6.45, 7) is 1.87. The van der Waals surface area contributed by atoms with E-state index < -0.39 is 0 Å². The fourth-order valence-electron chi connectivity index (χ4n) is 1.37. The molecule has 1 aromatic rings. The van der Waals surface area contributed by atoms with Crippen molar-refractivity contribution in [1.29, 1.82) is 0 Å². The Bertz CT molecular complexity index is 340. The van der Waals surface area contributed by atoms with Gasteiger partial charge in [0.1, 0.15) is 24.7 Å². The number of ether oxygens (including phenoxy) is 4. The largest absolute Gasteiger partial charge is 0.491 e. The third-order valence-corrected chi connectivity index (χ3v) is 2.31. The Morgan fingerprint density at radius 3 is 2.22 bits per heavy atom. The van der Waals surface area contributed by atoms with E-state index in [0.717, 1.165) is 5.56 Å². The van der Waals surface area contributed by atoms with Crippen LogP contribution < -0.4 is 9.47 Å². The molecule has 0 saturated heterocycles. The molecule has 0 unspecified atom stereocenters. The van der Waals surface area contributed by atoms with Gasteiger partial charge in [-0.25, -0.2) is 0 Å². The summed E-state index contributed by atoms with van der Waals surface area (Å²) in [6.07, 6.45) is 0. The van der Waals surface area contributed by atoms with Crippen LogP contribution in [0.2, 0.25) is 0 Å². The van der Waals surface area contributed by atoms with Gasteiger partial charge in [-0.1, -0.05) is 0 Å². The number of rotatable bonds is 9. The molecule has 0 amide bonds. The van der Waals surface area contributed by atoms with Crippen molar-refractivity contribution in [1.82, 2.24) is 0 Å². The minimum Gasteiger partial charge on any atom is -0.491 e. The van der Waals surface area contributed by atoms with Crippen molar-refractivity contribution in [2.45, 2.75) is 6.61 Å². The molecule has 0 fully saturated rings. The molecule has 0 spiro atoms. The van der Waals surface area contributed by atoms with Crippen LogP contribution in [0.5, 0.6) is 11.5 Å². The standard InChI is InChI=1S/C13H20O5/c1-15-5-7-17-12-4-3-11(10-14)13(9-12)18-8-6-16-2/h3-4,9,14H,5-8,10H2,1-2H3. The van der Waals surface area contributed by atoms with Crippen LogP contribution in [0.3, 0.4) is 0 Å². The van der Waals surface area contributed by atoms with E-state index in [0.29, 0.717) is 37.9 Å². The molecular formula is C13H20O5. The van der Waals surface area contributed by atoms with Crippen molar-refractivity contribution in [3.63, 3.8) is 0 Å². The van der Waals surface area contributed by atoms with Gasteiger partial charge < -0.3 is 24.1 Å². The first kappa shape index (κ1) is 14.8. The molecule has 0 heterocycles. The predicted octanol–water partition coefficient (Wildman–Crippen LogP) is 1.23. The van der Waals surface area contributed by atoms with Crippen LogP contribution in [0.25, 0.3) is 0 Å². The highest BCUT2D eigenvalue weighted by molar-refractivity contribution is 5.40. The summed E-state index contributed by atoms with van der Waals surface area (Å²) >= 11 is 0. The fraction of sp³-hybridized carbons (Fsp3) is 0.538. The van der Waals surface area contributed by atoms with Gasteiger partial charge in [-0.2, -0.15) is 0 Å². The zero-order chi connectivity index (χ0) is 13.2. The third-order valence-electron chi connectivity index (χ3n) is 2.31. The summed E-state index contributed by atoms with van der Waals surface area (Å²) in [6, 6.07) is 5.34. The summed E-state index contributed by atoms with van der Waals surface area (Å²) in [4.78, 5) is 0. The Balaban J connectivity index is 2.62. The van der Waals surface area contributed by atoms with Crippen molar-refractivity contribution < 1.29 is 24.1 Å². The molecule has 1 N–H and O–H groups in total. The van der Waals surface area contributed by atoms with Crippen molar-refractivity contribution in [3.05, 3.63) is 23.8 Å². The number of hydrogen-bond acceptors (Lipinski definition) is 5. The van der Waals surface area contributed by atoms with Gasteiger partial charge in [0.05, 0.1) is 19.8 Å². The Labute approximate surface area is 107 Å². The van der Waals surface area contributed by atoms with Gasteiger partial charge in [0.25, 0.3) is 0 Å². The number of aliphatic hydroxyl groups is 1. The number of aliphatic hydroxyl groups excluding tert-OH is 1. The Morgan fingerprint density at radius 2 is 1.61 bits per heavy atom. The molecule has 1 rings (SSSR count). The lowest BCUT2D eigenvalue weighted by molar-refractivity contribution is 0.141. The van der Waals surface area contributed by atoms with Crippen LogP contribution >= 0.6 is 0 Å². The van der Waals surface area contributed by atoms with E-state index in [-0.39, 0.29) is 6.61 Å². The zero-order valence-corrected chi connectivity index (χ0v) is 10.8. The van der Waals surface area contributed by atoms with Gasteiger partial charge in [-0.15, -0.1) is 0 Å². The summed E-state index contributed by atoms with van der Waals surface area (Å²) < 4.78 is 20.8. The highest BCUT2D eigenvalue weighted by atomic mass is 16.5. The molecule has 0 aliphatic carbocycles. The van der Waals surface area contributed by atoms with E-state index in [9.17, 15) is 5.11 Å². The lowest BCUT2D eigenvalue weighted by Crippen LogP contribution is -2.07. The third kappa shape index (κ3) is 4.91. The molecule has 0 atom stereocenters. The van der Waals surface area contributed by atoms with E-state index in [4.69, 9.17) is 18.9 Å². The Morgan fingerprint density at radius 1 is 0.944 bits per heavy atom. The molecule has 0 bridgehead atoms. The molecule has 5 heteroatoms. The predicted molar refractivity (Wildman–Crippen MR) is 67.1 cm³/mol. The van der Waals surface area contributed by atoms with Gasteiger partial charge in [0.15, 0.2) is 0 Å². The SMILES string of the molecule is COCCOc1ccc(CO)c(OCCOC)c1. The van der Waals surface area contributed by atoms with Crippen LogP contribution in [0.1, 0.15) is 5.56 Å². The van der Waals surface area contributed by atoms with Gasteiger partial charge >= 0.3 is 0 Å². The van der Waals surface area contributed by atoms with Gasteiger partial charge in [0.2, 0.25) is 0 Å². The molecule has 0 radical (unpaired) electrons. The van der Waals surface area contributed by atoms with Crippen LogP contribution in [0.15, 0.2) is 18.2 Å². The average Bonchev–Trinajstić information content (AvgIpc) is 2.40. The lowest BCUT2D eigenvalue weighted by Gasteiger charge is -2.12. The Hall–Kier alpha value is -1.30. The maximum atomic E-state index is 9.21. The maximum absolute atomic E-state index is 9.21. The molecule has 0 aliphatic heterocycles. The first-order chi connectivity index (χ1) is 8.81. The second kappa shape index (κ2) is 8.74. The molecule has 0 aliphatic rings. The highest BCUT2D eigenvalue weighted by Gasteiger charge is 2.05. The molecule has 18 heavy (non-hydrogen) atoms. The first-order valence-electron chi connectivity index (χ1n) is 5.79. The average molecular weight is 256 g/mol. The van der Waals surface area contributed by atoms with E-state index in [1.54, 1.807) is 32.4 Å².